The molecule has 1 atom stereocenters. The van der Waals surface area contributed by atoms with Gasteiger partial charge in [-0.3, -0.25) is 4.79 Å². The molecule has 0 bridgehead atoms. The van der Waals surface area contributed by atoms with Crippen LogP contribution in [0.15, 0.2) is 11.0 Å². The predicted octanol–water partition coefficient (Wildman–Crippen LogP) is 0.957. The third-order valence-electron chi connectivity index (χ3n) is 2.24. The number of nitrogens with one attached hydrogen (secondary N) is 1. The number of rotatable bonds is 5. The van der Waals surface area contributed by atoms with E-state index in [1.165, 1.54) is 10.9 Å². The van der Waals surface area contributed by atoms with E-state index in [9.17, 15) is 4.79 Å². The quantitative estimate of drug-likeness (QED) is 0.811. The van der Waals surface area contributed by atoms with Crippen molar-refractivity contribution < 1.29 is 5.11 Å². The Morgan fingerprint density at radius 3 is 2.94 bits per heavy atom. The maximum absolute atomic E-state index is 11.6. The Morgan fingerprint density at radius 2 is 2.38 bits per heavy atom. The van der Waals surface area contributed by atoms with Gasteiger partial charge in [-0.2, -0.15) is 5.10 Å². The van der Waals surface area contributed by atoms with Crippen LogP contribution in [0, 0.1) is 5.92 Å². The van der Waals surface area contributed by atoms with Crippen LogP contribution in [0.5, 0.6) is 0 Å². The lowest BCUT2D eigenvalue weighted by molar-refractivity contribution is 0.244. The zero-order valence-electron chi connectivity index (χ0n) is 9.40. The molecule has 0 aliphatic heterocycles. The van der Waals surface area contributed by atoms with Gasteiger partial charge in [0.1, 0.15) is 5.02 Å². The second kappa shape index (κ2) is 5.86. The number of hydrogen-bond donors (Lipinski definition) is 2. The van der Waals surface area contributed by atoms with Crippen LogP contribution < -0.4 is 10.9 Å². The molecule has 0 aliphatic carbocycles. The van der Waals surface area contributed by atoms with Gasteiger partial charge in [0.05, 0.1) is 11.9 Å². The van der Waals surface area contributed by atoms with E-state index in [-0.39, 0.29) is 23.1 Å². The molecule has 0 radical (unpaired) electrons. The van der Waals surface area contributed by atoms with Gasteiger partial charge < -0.3 is 10.4 Å². The van der Waals surface area contributed by atoms with Crippen molar-refractivity contribution in [3.63, 3.8) is 0 Å². The summed E-state index contributed by atoms with van der Waals surface area (Å²) in [5.74, 6) is 0.102. The topological polar surface area (TPSA) is 67.2 Å². The molecule has 1 aromatic heterocycles. The number of aromatic nitrogens is 2. The molecule has 0 aliphatic rings. The minimum absolute atomic E-state index is 0.0874. The summed E-state index contributed by atoms with van der Waals surface area (Å²) in [5, 5.41) is 15.9. The highest BCUT2D eigenvalue weighted by atomic mass is 35.5. The standard InChI is InChI=1S/C10H16ClN3O2/c1-3-14-10(16)9(11)8(5-13-14)12-4-7(2)6-15/h5,7,12,15H,3-4,6H2,1-2H3. The number of aliphatic hydroxyl groups is 1. The molecule has 1 rings (SSSR count). The molecule has 1 unspecified atom stereocenters. The molecule has 2 N–H and O–H groups in total. The predicted molar refractivity (Wildman–Crippen MR) is 63.9 cm³/mol. The molecule has 1 heterocycles. The monoisotopic (exact) mass is 245 g/mol. The molecule has 6 heteroatoms. The first-order valence-corrected chi connectivity index (χ1v) is 5.58. The Labute approximate surface area is 99.0 Å². The summed E-state index contributed by atoms with van der Waals surface area (Å²) in [6.45, 7) is 4.84. The number of aryl methyl sites for hydroxylation is 1. The van der Waals surface area contributed by atoms with Gasteiger partial charge in [0.25, 0.3) is 5.56 Å². The first-order valence-electron chi connectivity index (χ1n) is 5.20. The highest BCUT2D eigenvalue weighted by Gasteiger charge is 2.08. The summed E-state index contributed by atoms with van der Waals surface area (Å²) in [7, 11) is 0. The maximum Gasteiger partial charge on any atom is 0.287 e. The first kappa shape index (κ1) is 13.0. The van der Waals surface area contributed by atoms with Crippen molar-refractivity contribution in [2.24, 2.45) is 5.92 Å². The smallest absolute Gasteiger partial charge is 0.287 e. The van der Waals surface area contributed by atoms with Crippen molar-refractivity contribution in [2.45, 2.75) is 20.4 Å². The largest absolute Gasteiger partial charge is 0.396 e. The van der Waals surface area contributed by atoms with E-state index in [0.29, 0.717) is 18.8 Å². The summed E-state index contributed by atoms with van der Waals surface area (Å²) in [6, 6.07) is 0. The number of anilines is 1. The molecule has 0 amide bonds. The van der Waals surface area contributed by atoms with Crippen molar-refractivity contribution in [1.29, 1.82) is 0 Å². The normalized spacial score (nSPS) is 12.5. The van der Waals surface area contributed by atoms with Gasteiger partial charge in [-0.1, -0.05) is 18.5 Å². The Balaban J connectivity index is 2.83. The summed E-state index contributed by atoms with van der Waals surface area (Å²) in [5.41, 5.74) is 0.211. The SMILES string of the molecule is CCn1ncc(NCC(C)CO)c(Cl)c1=O. The van der Waals surface area contributed by atoms with E-state index in [0.717, 1.165) is 0 Å². The lowest BCUT2D eigenvalue weighted by Crippen LogP contribution is -2.24. The average Bonchev–Trinajstić information content (AvgIpc) is 2.30. The fourth-order valence-electron chi connectivity index (χ4n) is 1.16. The third kappa shape index (κ3) is 2.96. The van der Waals surface area contributed by atoms with Gasteiger partial charge in [-0.15, -0.1) is 0 Å². The van der Waals surface area contributed by atoms with Gasteiger partial charge in [-0.25, -0.2) is 4.68 Å². The van der Waals surface area contributed by atoms with Crippen LogP contribution in [-0.4, -0.2) is 28.0 Å². The molecule has 0 saturated heterocycles. The zero-order valence-corrected chi connectivity index (χ0v) is 10.2. The fourth-order valence-corrected chi connectivity index (χ4v) is 1.38. The highest BCUT2D eigenvalue weighted by Crippen LogP contribution is 2.15. The van der Waals surface area contributed by atoms with Gasteiger partial charge in [0.2, 0.25) is 0 Å². The lowest BCUT2D eigenvalue weighted by Gasteiger charge is -2.12. The van der Waals surface area contributed by atoms with E-state index in [1.54, 1.807) is 0 Å². The molecule has 0 saturated carbocycles. The molecular formula is C10H16ClN3O2. The number of aliphatic hydroxyl groups excluding tert-OH is 1. The van der Waals surface area contributed by atoms with Crippen LogP contribution in [0.1, 0.15) is 13.8 Å². The molecular weight excluding hydrogens is 230 g/mol. The van der Waals surface area contributed by atoms with E-state index in [1.807, 2.05) is 13.8 Å². The molecule has 0 aromatic carbocycles. The van der Waals surface area contributed by atoms with Crippen molar-refractivity contribution in [3.05, 3.63) is 21.6 Å². The summed E-state index contributed by atoms with van der Waals surface area (Å²) >= 11 is 5.91. The van der Waals surface area contributed by atoms with E-state index >= 15 is 0 Å². The van der Waals surface area contributed by atoms with E-state index in [4.69, 9.17) is 16.7 Å². The molecule has 5 nitrogen and oxygen atoms in total. The number of hydrogen-bond acceptors (Lipinski definition) is 4. The van der Waals surface area contributed by atoms with Crippen LogP contribution in [0.4, 0.5) is 5.69 Å². The third-order valence-corrected chi connectivity index (χ3v) is 2.60. The lowest BCUT2D eigenvalue weighted by atomic mass is 10.2. The van der Waals surface area contributed by atoms with Crippen molar-refractivity contribution in [2.75, 3.05) is 18.5 Å². The highest BCUT2D eigenvalue weighted by molar-refractivity contribution is 6.32. The fraction of sp³-hybridized carbons (Fsp3) is 0.600. The van der Waals surface area contributed by atoms with E-state index in [2.05, 4.69) is 10.4 Å². The van der Waals surface area contributed by atoms with Gasteiger partial charge in [0, 0.05) is 19.7 Å². The minimum Gasteiger partial charge on any atom is -0.396 e. The zero-order chi connectivity index (χ0) is 12.1. The van der Waals surface area contributed by atoms with Gasteiger partial charge >= 0.3 is 0 Å². The Kier molecular flexibility index (Phi) is 4.76. The minimum atomic E-state index is -0.300. The number of halogens is 1. The molecule has 0 fully saturated rings. The van der Waals surface area contributed by atoms with Crippen molar-refractivity contribution >= 4 is 17.3 Å². The van der Waals surface area contributed by atoms with E-state index < -0.39 is 0 Å². The number of nitrogens with zero attached hydrogens (tertiary/aromatic N) is 2. The molecule has 0 spiro atoms. The Morgan fingerprint density at radius 1 is 1.69 bits per heavy atom. The Bertz CT molecular complexity index is 406. The maximum atomic E-state index is 11.6. The van der Waals surface area contributed by atoms with Gasteiger partial charge in [0.15, 0.2) is 0 Å². The first-order chi connectivity index (χ1) is 7.60. The van der Waals surface area contributed by atoms with Crippen molar-refractivity contribution in [3.8, 4) is 0 Å². The molecule has 1 aromatic rings. The van der Waals surface area contributed by atoms with Crippen molar-refractivity contribution in [1.82, 2.24) is 9.78 Å². The second-order valence-corrected chi connectivity index (χ2v) is 4.04. The molecule has 16 heavy (non-hydrogen) atoms. The van der Waals surface area contributed by atoms with Gasteiger partial charge in [-0.05, 0) is 12.8 Å². The average molecular weight is 246 g/mol. The summed E-state index contributed by atoms with van der Waals surface area (Å²) in [6.07, 6.45) is 1.53. The molecule has 90 valence electrons. The summed E-state index contributed by atoms with van der Waals surface area (Å²) in [4.78, 5) is 11.6. The van der Waals surface area contributed by atoms with Crippen LogP contribution in [0.3, 0.4) is 0 Å². The summed E-state index contributed by atoms with van der Waals surface area (Å²) < 4.78 is 1.29. The van der Waals surface area contributed by atoms with Crippen LogP contribution in [0.25, 0.3) is 0 Å². The Hall–Kier alpha value is -1.07. The van der Waals surface area contributed by atoms with Crippen LogP contribution in [0.2, 0.25) is 5.02 Å². The van der Waals surface area contributed by atoms with Crippen LogP contribution in [-0.2, 0) is 6.54 Å². The second-order valence-electron chi connectivity index (χ2n) is 3.66. The van der Waals surface area contributed by atoms with Crippen LogP contribution >= 0.6 is 11.6 Å².